The van der Waals surface area contributed by atoms with Crippen LogP contribution in [-0.4, -0.2) is 30.5 Å². The highest BCUT2D eigenvalue weighted by Crippen LogP contribution is 2.21. The van der Waals surface area contributed by atoms with Gasteiger partial charge in [-0.3, -0.25) is 14.4 Å². The molecule has 0 aliphatic carbocycles. The summed E-state index contributed by atoms with van der Waals surface area (Å²) in [6, 6.07) is 19.1. The summed E-state index contributed by atoms with van der Waals surface area (Å²) in [7, 11) is 0. The lowest BCUT2D eigenvalue weighted by molar-refractivity contribution is -0.136. The van der Waals surface area contributed by atoms with E-state index in [0.29, 0.717) is 22.0 Å². The molecule has 0 aliphatic rings. The molecule has 3 aromatic rings. The number of aryl methyl sites for hydroxylation is 2. The summed E-state index contributed by atoms with van der Waals surface area (Å²) < 4.78 is 5.64. The van der Waals surface area contributed by atoms with E-state index in [2.05, 4.69) is 21.2 Å². The fraction of sp³-hybridized carbons (Fsp3) is 0.120. The Bertz CT molecular complexity index is 1220. The van der Waals surface area contributed by atoms with Crippen LogP contribution in [0.1, 0.15) is 16.7 Å². The van der Waals surface area contributed by atoms with Crippen molar-refractivity contribution in [1.82, 2.24) is 5.43 Å². The summed E-state index contributed by atoms with van der Waals surface area (Å²) >= 11 is 5.97. The second-order valence-electron chi connectivity index (χ2n) is 7.27. The Labute approximate surface area is 202 Å². The minimum atomic E-state index is -0.970. The number of carbonyl (C=O) groups excluding carboxylic acids is 3. The molecule has 0 aromatic heterocycles. The molecule has 34 heavy (non-hydrogen) atoms. The quantitative estimate of drug-likeness (QED) is 0.270. The summed E-state index contributed by atoms with van der Waals surface area (Å²) in [4.78, 5) is 36.4. The van der Waals surface area contributed by atoms with Crippen LogP contribution in [-0.2, 0) is 14.4 Å². The Hall–Kier alpha value is -4.17. The molecule has 0 spiro atoms. The normalized spacial score (nSPS) is 10.6. The molecule has 3 amide bonds. The molecule has 8 nitrogen and oxygen atoms in total. The van der Waals surface area contributed by atoms with Gasteiger partial charge in [-0.25, -0.2) is 5.43 Å². The minimum Gasteiger partial charge on any atom is -0.483 e. The van der Waals surface area contributed by atoms with Crippen molar-refractivity contribution in [2.24, 2.45) is 5.10 Å². The van der Waals surface area contributed by atoms with Gasteiger partial charge in [0, 0.05) is 11.3 Å². The molecule has 0 radical (unpaired) electrons. The van der Waals surface area contributed by atoms with Gasteiger partial charge in [0.25, 0.3) is 5.91 Å². The third-order valence-corrected chi connectivity index (χ3v) is 5.05. The maximum absolute atomic E-state index is 12.4. The zero-order chi connectivity index (χ0) is 24.5. The molecule has 0 fully saturated rings. The number of anilines is 2. The van der Waals surface area contributed by atoms with E-state index in [1.807, 2.05) is 32.0 Å². The minimum absolute atomic E-state index is 0.217. The van der Waals surface area contributed by atoms with Crippen LogP contribution in [0, 0.1) is 13.8 Å². The van der Waals surface area contributed by atoms with Crippen molar-refractivity contribution < 1.29 is 19.1 Å². The lowest BCUT2D eigenvalue weighted by Gasteiger charge is -2.13. The van der Waals surface area contributed by atoms with Gasteiger partial charge >= 0.3 is 11.8 Å². The number of amides is 3. The van der Waals surface area contributed by atoms with Gasteiger partial charge in [0.1, 0.15) is 5.75 Å². The summed E-state index contributed by atoms with van der Waals surface area (Å²) in [6.07, 6.45) is 1.32. The van der Waals surface area contributed by atoms with Gasteiger partial charge in [0.2, 0.25) is 0 Å². The molecule has 3 aromatic carbocycles. The molecule has 0 saturated carbocycles. The Morgan fingerprint density at radius 1 is 0.882 bits per heavy atom. The molecule has 0 saturated heterocycles. The molecule has 0 atom stereocenters. The summed E-state index contributed by atoms with van der Waals surface area (Å²) in [5, 5.41) is 9.37. The van der Waals surface area contributed by atoms with E-state index >= 15 is 0 Å². The highest BCUT2D eigenvalue weighted by Gasteiger charge is 2.14. The number of ether oxygens (including phenoxy) is 1. The Kier molecular flexibility index (Phi) is 8.37. The molecular formula is C25H23ClN4O4. The van der Waals surface area contributed by atoms with Gasteiger partial charge in [0.05, 0.1) is 16.9 Å². The summed E-state index contributed by atoms with van der Waals surface area (Å²) in [5.74, 6) is -1.81. The van der Waals surface area contributed by atoms with Crippen LogP contribution in [0.15, 0.2) is 71.8 Å². The number of nitrogens with one attached hydrogen (secondary N) is 3. The van der Waals surface area contributed by atoms with E-state index in [1.54, 1.807) is 48.5 Å². The van der Waals surface area contributed by atoms with Gasteiger partial charge in [-0.1, -0.05) is 54.1 Å². The van der Waals surface area contributed by atoms with Gasteiger partial charge in [0.15, 0.2) is 6.61 Å². The van der Waals surface area contributed by atoms with Gasteiger partial charge in [-0.05, 0) is 49.2 Å². The number of nitrogens with zero attached hydrogens (tertiary/aromatic N) is 1. The molecule has 3 N–H and O–H groups in total. The zero-order valence-electron chi connectivity index (χ0n) is 18.6. The second-order valence-corrected chi connectivity index (χ2v) is 7.68. The van der Waals surface area contributed by atoms with E-state index < -0.39 is 11.8 Å². The van der Waals surface area contributed by atoms with Crippen LogP contribution in [0.2, 0.25) is 5.02 Å². The maximum Gasteiger partial charge on any atom is 0.329 e. The highest BCUT2D eigenvalue weighted by molar-refractivity contribution is 6.41. The third kappa shape index (κ3) is 6.66. The molecule has 0 heterocycles. The van der Waals surface area contributed by atoms with Crippen LogP contribution in [0.5, 0.6) is 5.75 Å². The predicted molar refractivity (Wildman–Crippen MR) is 132 cm³/mol. The summed E-state index contributed by atoms with van der Waals surface area (Å²) in [5.41, 5.74) is 5.63. The topological polar surface area (TPSA) is 109 Å². The number of para-hydroxylation sites is 3. The van der Waals surface area contributed by atoms with Crippen LogP contribution in [0.3, 0.4) is 0 Å². The molecule has 3 rings (SSSR count). The molecular weight excluding hydrogens is 456 g/mol. The first-order valence-corrected chi connectivity index (χ1v) is 10.7. The molecule has 0 unspecified atom stereocenters. The number of rotatable bonds is 7. The third-order valence-electron chi connectivity index (χ3n) is 4.72. The van der Waals surface area contributed by atoms with Crippen molar-refractivity contribution >= 4 is 46.9 Å². The van der Waals surface area contributed by atoms with Gasteiger partial charge < -0.3 is 15.4 Å². The first-order chi connectivity index (χ1) is 16.3. The standard InChI is InChI=1S/C25H23ClN4O4/c1-16-8-7-9-17(2)23(16)29-22(31)15-34-21-13-6-3-10-18(21)14-27-30-25(33)24(32)28-20-12-5-4-11-19(20)26/h3-14H,15H2,1-2H3,(H,28,32)(H,29,31)(H,30,33)/b27-14-. The Morgan fingerprint density at radius 2 is 1.56 bits per heavy atom. The van der Waals surface area contributed by atoms with Crippen LogP contribution in [0.25, 0.3) is 0 Å². The first kappa shape index (κ1) is 24.5. The van der Waals surface area contributed by atoms with E-state index in [9.17, 15) is 14.4 Å². The van der Waals surface area contributed by atoms with Crippen molar-refractivity contribution in [3.05, 3.63) is 88.4 Å². The monoisotopic (exact) mass is 478 g/mol. The van der Waals surface area contributed by atoms with Crippen molar-refractivity contribution in [2.45, 2.75) is 13.8 Å². The van der Waals surface area contributed by atoms with Crippen molar-refractivity contribution in [3.63, 3.8) is 0 Å². The Balaban J connectivity index is 1.56. The van der Waals surface area contributed by atoms with Crippen LogP contribution in [0.4, 0.5) is 11.4 Å². The van der Waals surface area contributed by atoms with E-state index in [0.717, 1.165) is 16.8 Å². The SMILES string of the molecule is Cc1cccc(C)c1NC(=O)COc1ccccc1/C=N\NC(=O)C(=O)Nc1ccccc1Cl. The number of hydrazone groups is 1. The number of carbonyl (C=O) groups is 3. The fourth-order valence-electron chi connectivity index (χ4n) is 3.00. The maximum atomic E-state index is 12.4. The number of hydrogen-bond donors (Lipinski definition) is 3. The van der Waals surface area contributed by atoms with E-state index in [4.69, 9.17) is 16.3 Å². The predicted octanol–water partition coefficient (Wildman–Crippen LogP) is 4.06. The molecule has 0 aliphatic heterocycles. The lowest BCUT2D eigenvalue weighted by atomic mass is 10.1. The molecule has 174 valence electrons. The van der Waals surface area contributed by atoms with Gasteiger partial charge in [-0.2, -0.15) is 5.10 Å². The molecule has 9 heteroatoms. The van der Waals surface area contributed by atoms with Crippen molar-refractivity contribution in [1.29, 1.82) is 0 Å². The number of hydrogen-bond acceptors (Lipinski definition) is 5. The van der Waals surface area contributed by atoms with Gasteiger partial charge in [-0.15, -0.1) is 0 Å². The molecule has 0 bridgehead atoms. The number of halogens is 1. The second kappa shape index (κ2) is 11.6. The van der Waals surface area contributed by atoms with Crippen molar-refractivity contribution in [2.75, 3.05) is 17.2 Å². The van der Waals surface area contributed by atoms with Crippen LogP contribution >= 0.6 is 11.6 Å². The smallest absolute Gasteiger partial charge is 0.329 e. The van der Waals surface area contributed by atoms with Crippen LogP contribution < -0.4 is 20.8 Å². The zero-order valence-corrected chi connectivity index (χ0v) is 19.3. The number of benzene rings is 3. The largest absolute Gasteiger partial charge is 0.483 e. The fourth-order valence-corrected chi connectivity index (χ4v) is 3.18. The first-order valence-electron chi connectivity index (χ1n) is 10.3. The van der Waals surface area contributed by atoms with E-state index in [1.165, 1.54) is 6.21 Å². The lowest BCUT2D eigenvalue weighted by Crippen LogP contribution is -2.32. The van der Waals surface area contributed by atoms with E-state index in [-0.39, 0.29) is 12.5 Å². The van der Waals surface area contributed by atoms with Crippen molar-refractivity contribution in [3.8, 4) is 5.75 Å². The Morgan fingerprint density at radius 3 is 2.29 bits per heavy atom. The summed E-state index contributed by atoms with van der Waals surface area (Å²) in [6.45, 7) is 3.61. The average molecular weight is 479 g/mol. The highest BCUT2D eigenvalue weighted by atomic mass is 35.5. The average Bonchev–Trinajstić information content (AvgIpc) is 2.82.